The number of nitrogens with zero attached hydrogens (tertiary/aromatic N) is 1. The van der Waals surface area contributed by atoms with Crippen molar-refractivity contribution in [2.45, 2.75) is 19.5 Å². The second-order valence-electron chi connectivity index (χ2n) is 3.48. The van der Waals surface area contributed by atoms with Crippen LogP contribution in [0.2, 0.25) is 0 Å². The Labute approximate surface area is 96.2 Å². The molecule has 0 fully saturated rings. The summed E-state index contributed by atoms with van der Waals surface area (Å²) >= 11 is 0. The van der Waals surface area contributed by atoms with Gasteiger partial charge in [-0.25, -0.2) is 0 Å². The third kappa shape index (κ3) is 3.49. The number of nitro groups is 1. The molecule has 0 aliphatic rings. The minimum atomic E-state index is -1.03. The van der Waals surface area contributed by atoms with Crippen molar-refractivity contribution in [2.75, 3.05) is 0 Å². The number of halogens is 1. The number of carboxylic acid groups (broad SMARTS) is 1. The lowest BCUT2D eigenvalue weighted by molar-refractivity contribution is -0.387. The smallest absolute Gasteiger partial charge is 0.320 e. The molecule has 0 heterocycles. The molecule has 2 N–H and O–H groups in total. The predicted molar refractivity (Wildman–Crippen MR) is 57.0 cm³/mol. The summed E-state index contributed by atoms with van der Waals surface area (Å²) in [5, 5.41) is 21.7. The number of nitro benzene ring substituents is 1. The van der Waals surface area contributed by atoms with Crippen molar-refractivity contribution in [3.05, 3.63) is 39.7 Å². The summed E-state index contributed by atoms with van der Waals surface area (Å²) in [7, 11) is 0. The summed E-state index contributed by atoms with van der Waals surface area (Å²) in [4.78, 5) is 20.2. The van der Waals surface area contributed by atoms with Crippen LogP contribution in [0.15, 0.2) is 18.2 Å². The summed E-state index contributed by atoms with van der Waals surface area (Å²) in [5.41, 5.74) is -0.168. The highest BCUT2D eigenvalue weighted by molar-refractivity contribution is 5.72. The van der Waals surface area contributed by atoms with E-state index in [2.05, 4.69) is 5.32 Å². The quantitative estimate of drug-likeness (QED) is 0.599. The molecule has 1 aromatic rings. The van der Waals surface area contributed by atoms with Crippen LogP contribution in [0.1, 0.15) is 12.5 Å². The molecule has 0 saturated heterocycles. The molecule has 0 radical (unpaired) electrons. The first-order valence-electron chi connectivity index (χ1n) is 4.81. The van der Waals surface area contributed by atoms with Gasteiger partial charge in [-0.1, -0.05) is 6.07 Å². The van der Waals surface area contributed by atoms with Gasteiger partial charge >= 0.3 is 11.7 Å². The topological polar surface area (TPSA) is 92.5 Å². The molecular weight excluding hydrogens is 231 g/mol. The largest absolute Gasteiger partial charge is 0.480 e. The van der Waals surface area contributed by atoms with Crippen LogP contribution in [0.3, 0.4) is 0 Å². The number of hydrogen-bond donors (Lipinski definition) is 2. The Morgan fingerprint density at radius 1 is 1.65 bits per heavy atom. The zero-order valence-corrected chi connectivity index (χ0v) is 9.01. The van der Waals surface area contributed by atoms with Gasteiger partial charge in [-0.05, 0) is 18.6 Å². The number of benzene rings is 1. The molecule has 0 amide bonds. The van der Waals surface area contributed by atoms with E-state index in [0.717, 1.165) is 12.1 Å². The van der Waals surface area contributed by atoms with E-state index in [4.69, 9.17) is 5.11 Å². The Hall–Kier alpha value is -2.02. The minimum absolute atomic E-state index is 0.120. The number of aliphatic carboxylic acids is 1. The third-order valence-electron chi connectivity index (χ3n) is 2.19. The van der Waals surface area contributed by atoms with Crippen LogP contribution >= 0.6 is 0 Å². The number of hydrogen-bond acceptors (Lipinski definition) is 4. The van der Waals surface area contributed by atoms with Crippen LogP contribution in [0, 0.1) is 15.9 Å². The second-order valence-corrected chi connectivity index (χ2v) is 3.48. The maximum atomic E-state index is 13.0. The molecule has 0 aliphatic carbocycles. The highest BCUT2D eigenvalue weighted by Gasteiger charge is 2.15. The van der Waals surface area contributed by atoms with E-state index in [-0.39, 0.29) is 6.54 Å². The average Bonchev–Trinajstić information content (AvgIpc) is 2.26. The van der Waals surface area contributed by atoms with Crippen LogP contribution in [-0.2, 0) is 11.3 Å². The molecule has 1 unspecified atom stereocenters. The van der Waals surface area contributed by atoms with Gasteiger partial charge in [-0.15, -0.1) is 0 Å². The van der Waals surface area contributed by atoms with E-state index < -0.39 is 28.4 Å². The lowest BCUT2D eigenvalue weighted by Gasteiger charge is -2.08. The third-order valence-corrected chi connectivity index (χ3v) is 2.19. The number of carboxylic acids is 1. The summed E-state index contributed by atoms with van der Waals surface area (Å²) < 4.78 is 13.0. The fraction of sp³-hybridized carbons (Fsp3) is 0.300. The molecule has 0 aromatic heterocycles. The number of rotatable bonds is 5. The molecule has 1 rings (SSSR count). The lowest BCUT2D eigenvalue weighted by atomic mass is 10.2. The van der Waals surface area contributed by atoms with Gasteiger partial charge in [0, 0.05) is 12.6 Å². The van der Waals surface area contributed by atoms with Gasteiger partial charge in [-0.3, -0.25) is 14.9 Å². The SMILES string of the molecule is CC(NCc1ccc(F)c([N+](=O)[O-])c1)C(=O)O. The number of carbonyl (C=O) groups is 1. The van der Waals surface area contributed by atoms with E-state index in [1.807, 2.05) is 0 Å². The van der Waals surface area contributed by atoms with Crippen molar-refractivity contribution in [2.24, 2.45) is 0 Å². The zero-order chi connectivity index (χ0) is 13.0. The maximum Gasteiger partial charge on any atom is 0.320 e. The van der Waals surface area contributed by atoms with E-state index in [1.165, 1.54) is 13.0 Å². The summed E-state index contributed by atoms with van der Waals surface area (Å²) in [6.07, 6.45) is 0. The highest BCUT2D eigenvalue weighted by atomic mass is 19.1. The van der Waals surface area contributed by atoms with Crippen LogP contribution in [0.25, 0.3) is 0 Å². The standard InChI is InChI=1S/C10H11FN2O4/c1-6(10(14)15)12-5-7-2-3-8(11)9(4-7)13(16)17/h2-4,6,12H,5H2,1H3,(H,14,15). The molecule has 7 heteroatoms. The Morgan fingerprint density at radius 2 is 2.29 bits per heavy atom. The van der Waals surface area contributed by atoms with Gasteiger partial charge in [0.05, 0.1) is 4.92 Å². The molecule has 0 bridgehead atoms. The first-order valence-corrected chi connectivity index (χ1v) is 4.81. The van der Waals surface area contributed by atoms with Gasteiger partial charge in [-0.2, -0.15) is 4.39 Å². The predicted octanol–water partition coefficient (Wildman–Crippen LogP) is 1.30. The fourth-order valence-corrected chi connectivity index (χ4v) is 1.17. The zero-order valence-electron chi connectivity index (χ0n) is 9.01. The normalized spacial score (nSPS) is 12.1. The van der Waals surface area contributed by atoms with Gasteiger partial charge < -0.3 is 10.4 Å². The van der Waals surface area contributed by atoms with E-state index in [9.17, 15) is 19.3 Å². The summed E-state index contributed by atoms with van der Waals surface area (Å²) in [6, 6.07) is 2.65. The molecule has 0 aliphatic heterocycles. The number of nitrogens with one attached hydrogen (secondary N) is 1. The highest BCUT2D eigenvalue weighted by Crippen LogP contribution is 2.18. The van der Waals surface area contributed by atoms with Crippen LogP contribution in [0.4, 0.5) is 10.1 Å². The van der Waals surface area contributed by atoms with E-state index in [0.29, 0.717) is 5.56 Å². The molecule has 17 heavy (non-hydrogen) atoms. The van der Waals surface area contributed by atoms with Crippen LogP contribution < -0.4 is 5.32 Å². The summed E-state index contributed by atoms with van der Waals surface area (Å²) in [6.45, 7) is 1.56. The van der Waals surface area contributed by atoms with Crippen molar-refractivity contribution in [1.29, 1.82) is 0 Å². The van der Waals surface area contributed by atoms with Gasteiger partial charge in [0.1, 0.15) is 6.04 Å². The monoisotopic (exact) mass is 242 g/mol. The van der Waals surface area contributed by atoms with Gasteiger partial charge in [0.2, 0.25) is 5.82 Å². The first-order chi connectivity index (χ1) is 7.91. The molecule has 6 nitrogen and oxygen atoms in total. The Kier molecular flexibility index (Phi) is 4.11. The lowest BCUT2D eigenvalue weighted by Crippen LogP contribution is -2.33. The van der Waals surface area contributed by atoms with Gasteiger partial charge in [0.25, 0.3) is 0 Å². The first kappa shape index (κ1) is 13.0. The molecule has 0 saturated carbocycles. The molecule has 0 spiro atoms. The fourth-order valence-electron chi connectivity index (χ4n) is 1.17. The molecular formula is C10H11FN2O4. The van der Waals surface area contributed by atoms with E-state index >= 15 is 0 Å². The Bertz CT molecular complexity index is 450. The Balaban J connectivity index is 2.76. The molecule has 1 atom stereocenters. The van der Waals surface area contributed by atoms with Gasteiger partial charge in [0.15, 0.2) is 0 Å². The molecule has 1 aromatic carbocycles. The maximum absolute atomic E-state index is 13.0. The second kappa shape index (κ2) is 5.35. The van der Waals surface area contributed by atoms with Crippen LogP contribution in [-0.4, -0.2) is 22.0 Å². The average molecular weight is 242 g/mol. The van der Waals surface area contributed by atoms with Crippen LogP contribution in [0.5, 0.6) is 0 Å². The molecule has 92 valence electrons. The summed E-state index contributed by atoms with van der Waals surface area (Å²) in [5.74, 6) is -1.94. The van der Waals surface area contributed by atoms with Crippen molar-refractivity contribution in [3.8, 4) is 0 Å². The van der Waals surface area contributed by atoms with E-state index in [1.54, 1.807) is 0 Å². The van der Waals surface area contributed by atoms with Crippen molar-refractivity contribution in [1.82, 2.24) is 5.32 Å². The van der Waals surface area contributed by atoms with Crippen molar-refractivity contribution < 1.29 is 19.2 Å². The van der Waals surface area contributed by atoms with Crippen molar-refractivity contribution in [3.63, 3.8) is 0 Å². The van der Waals surface area contributed by atoms with Crippen molar-refractivity contribution >= 4 is 11.7 Å². The minimum Gasteiger partial charge on any atom is -0.480 e. The Morgan fingerprint density at radius 3 is 2.82 bits per heavy atom.